The summed E-state index contributed by atoms with van der Waals surface area (Å²) in [5, 5.41) is 11.9. The molecule has 0 aromatic carbocycles. The molecule has 0 aromatic heterocycles. The Labute approximate surface area is 103 Å². The van der Waals surface area contributed by atoms with Gasteiger partial charge in [-0.2, -0.15) is 0 Å². The van der Waals surface area contributed by atoms with Crippen LogP contribution in [0.4, 0.5) is 0 Å². The predicted molar refractivity (Wildman–Crippen MR) is 66.8 cm³/mol. The van der Waals surface area contributed by atoms with Crippen LogP contribution in [-0.2, 0) is 9.59 Å². The van der Waals surface area contributed by atoms with Gasteiger partial charge in [0.2, 0.25) is 5.91 Å². The van der Waals surface area contributed by atoms with Gasteiger partial charge in [0.05, 0.1) is 5.41 Å². The van der Waals surface area contributed by atoms with Crippen LogP contribution in [0.2, 0.25) is 0 Å². The molecule has 2 N–H and O–H groups in total. The van der Waals surface area contributed by atoms with Crippen molar-refractivity contribution in [2.75, 3.05) is 26.2 Å². The summed E-state index contributed by atoms with van der Waals surface area (Å²) >= 11 is 0. The first kappa shape index (κ1) is 15.9. The highest BCUT2D eigenvalue weighted by atomic mass is 16.4. The number of rotatable bonds is 8. The zero-order chi connectivity index (χ0) is 13.5. The second-order valence-electron chi connectivity index (χ2n) is 4.68. The fourth-order valence-corrected chi connectivity index (χ4v) is 1.41. The molecule has 0 atom stereocenters. The molecule has 0 saturated carbocycles. The third kappa shape index (κ3) is 5.68. The normalized spacial score (nSPS) is 11.3. The molecule has 0 unspecified atom stereocenters. The van der Waals surface area contributed by atoms with Crippen molar-refractivity contribution in [2.24, 2.45) is 5.41 Å². The van der Waals surface area contributed by atoms with Crippen LogP contribution >= 0.6 is 0 Å². The largest absolute Gasteiger partial charge is 0.481 e. The molecule has 0 saturated heterocycles. The lowest BCUT2D eigenvalue weighted by Gasteiger charge is -2.21. The maximum Gasteiger partial charge on any atom is 0.310 e. The van der Waals surface area contributed by atoms with Crippen molar-refractivity contribution < 1.29 is 14.7 Å². The summed E-state index contributed by atoms with van der Waals surface area (Å²) in [6.45, 7) is 9.54. The van der Waals surface area contributed by atoms with Gasteiger partial charge in [-0.25, -0.2) is 0 Å². The summed E-state index contributed by atoms with van der Waals surface area (Å²) in [5.74, 6) is -0.726. The van der Waals surface area contributed by atoms with Crippen LogP contribution < -0.4 is 5.32 Å². The molecule has 5 nitrogen and oxygen atoms in total. The molecule has 100 valence electrons. The minimum absolute atomic E-state index is 0.107. The Morgan fingerprint density at radius 3 is 2.18 bits per heavy atom. The molecule has 0 aromatic rings. The average Bonchev–Trinajstić information content (AvgIpc) is 2.26. The minimum atomic E-state index is -0.833. The van der Waals surface area contributed by atoms with Crippen LogP contribution in [0.25, 0.3) is 0 Å². The molecule has 0 aliphatic carbocycles. The quantitative estimate of drug-likeness (QED) is 0.624. The van der Waals surface area contributed by atoms with Gasteiger partial charge < -0.3 is 15.3 Å². The van der Waals surface area contributed by atoms with Gasteiger partial charge in [-0.3, -0.25) is 9.59 Å². The number of amides is 1. The van der Waals surface area contributed by atoms with E-state index in [0.717, 1.165) is 13.1 Å². The first-order valence-electron chi connectivity index (χ1n) is 6.07. The van der Waals surface area contributed by atoms with Crippen molar-refractivity contribution in [1.29, 1.82) is 0 Å². The molecule has 1 amide bonds. The SMILES string of the molecule is CCN(CC)C(=O)CCNCC(C)(C)C(=O)O. The van der Waals surface area contributed by atoms with Crippen LogP contribution in [0.3, 0.4) is 0 Å². The number of hydrogen-bond acceptors (Lipinski definition) is 3. The van der Waals surface area contributed by atoms with Crippen molar-refractivity contribution in [2.45, 2.75) is 34.1 Å². The van der Waals surface area contributed by atoms with Crippen molar-refractivity contribution in [1.82, 2.24) is 10.2 Å². The molecule has 0 spiro atoms. The summed E-state index contributed by atoms with van der Waals surface area (Å²) < 4.78 is 0. The highest BCUT2D eigenvalue weighted by Gasteiger charge is 2.26. The Kier molecular flexibility index (Phi) is 6.80. The number of nitrogens with one attached hydrogen (secondary N) is 1. The van der Waals surface area contributed by atoms with E-state index in [9.17, 15) is 9.59 Å². The number of carbonyl (C=O) groups is 2. The van der Waals surface area contributed by atoms with Crippen LogP contribution in [0, 0.1) is 5.41 Å². The van der Waals surface area contributed by atoms with E-state index in [-0.39, 0.29) is 5.91 Å². The zero-order valence-corrected chi connectivity index (χ0v) is 11.2. The number of carboxylic acid groups (broad SMARTS) is 1. The summed E-state index contributed by atoms with van der Waals surface area (Å²) in [6, 6.07) is 0. The molecular formula is C12H24N2O3. The summed E-state index contributed by atoms with van der Waals surface area (Å²) in [7, 11) is 0. The topological polar surface area (TPSA) is 69.6 Å². The molecule has 0 rings (SSSR count). The van der Waals surface area contributed by atoms with Gasteiger partial charge in [0.1, 0.15) is 0 Å². The maximum atomic E-state index is 11.6. The standard InChI is InChI=1S/C12H24N2O3/c1-5-14(6-2)10(15)7-8-13-9-12(3,4)11(16)17/h13H,5-9H2,1-4H3,(H,16,17). The molecule has 0 radical (unpaired) electrons. The third-order valence-corrected chi connectivity index (χ3v) is 2.78. The Hall–Kier alpha value is -1.10. The maximum absolute atomic E-state index is 11.6. The van der Waals surface area contributed by atoms with E-state index in [1.54, 1.807) is 18.7 Å². The molecule has 5 heteroatoms. The number of aliphatic carboxylic acids is 1. The second kappa shape index (κ2) is 7.27. The smallest absolute Gasteiger partial charge is 0.310 e. The Bertz CT molecular complexity index is 260. The Morgan fingerprint density at radius 1 is 1.24 bits per heavy atom. The van der Waals surface area contributed by atoms with Gasteiger partial charge in [0.25, 0.3) is 0 Å². The van der Waals surface area contributed by atoms with E-state index in [1.807, 2.05) is 13.8 Å². The lowest BCUT2D eigenvalue weighted by molar-refractivity contribution is -0.146. The van der Waals surface area contributed by atoms with Crippen molar-refractivity contribution in [3.05, 3.63) is 0 Å². The Morgan fingerprint density at radius 2 is 1.76 bits per heavy atom. The first-order valence-corrected chi connectivity index (χ1v) is 6.07. The van der Waals surface area contributed by atoms with E-state index in [2.05, 4.69) is 5.32 Å². The van der Waals surface area contributed by atoms with E-state index in [1.165, 1.54) is 0 Å². The minimum Gasteiger partial charge on any atom is -0.481 e. The van der Waals surface area contributed by atoms with E-state index in [4.69, 9.17) is 5.11 Å². The van der Waals surface area contributed by atoms with Gasteiger partial charge in [0, 0.05) is 32.6 Å². The lowest BCUT2D eigenvalue weighted by atomic mass is 9.94. The van der Waals surface area contributed by atoms with Gasteiger partial charge in [0.15, 0.2) is 0 Å². The zero-order valence-electron chi connectivity index (χ0n) is 11.2. The summed E-state index contributed by atoms with van der Waals surface area (Å²) in [6.07, 6.45) is 0.414. The lowest BCUT2D eigenvalue weighted by Crippen LogP contribution is -2.38. The summed E-state index contributed by atoms with van der Waals surface area (Å²) in [4.78, 5) is 24.2. The molecule has 0 bridgehead atoms. The molecule has 0 fully saturated rings. The Balaban J connectivity index is 3.86. The van der Waals surface area contributed by atoms with Crippen molar-refractivity contribution in [3.63, 3.8) is 0 Å². The van der Waals surface area contributed by atoms with Gasteiger partial charge in [-0.15, -0.1) is 0 Å². The fourth-order valence-electron chi connectivity index (χ4n) is 1.41. The molecule has 0 aliphatic rings. The molecule has 17 heavy (non-hydrogen) atoms. The van der Waals surface area contributed by atoms with Gasteiger partial charge in [-0.05, 0) is 27.7 Å². The van der Waals surface area contributed by atoms with Gasteiger partial charge >= 0.3 is 5.97 Å². The first-order chi connectivity index (χ1) is 7.85. The van der Waals surface area contributed by atoms with Crippen molar-refractivity contribution >= 4 is 11.9 Å². The second-order valence-corrected chi connectivity index (χ2v) is 4.68. The fraction of sp³-hybridized carbons (Fsp3) is 0.833. The number of nitrogens with zero attached hydrogens (tertiary/aromatic N) is 1. The van der Waals surface area contributed by atoms with Crippen LogP contribution in [0.15, 0.2) is 0 Å². The summed E-state index contributed by atoms with van der Waals surface area (Å²) in [5.41, 5.74) is -0.793. The van der Waals surface area contributed by atoms with Crippen molar-refractivity contribution in [3.8, 4) is 0 Å². The third-order valence-electron chi connectivity index (χ3n) is 2.78. The molecule has 0 aliphatic heterocycles. The van der Waals surface area contributed by atoms with Crippen LogP contribution in [-0.4, -0.2) is 48.1 Å². The highest BCUT2D eigenvalue weighted by molar-refractivity contribution is 5.76. The monoisotopic (exact) mass is 244 g/mol. The molecular weight excluding hydrogens is 220 g/mol. The van der Waals surface area contributed by atoms with E-state index < -0.39 is 11.4 Å². The van der Waals surface area contributed by atoms with Gasteiger partial charge in [-0.1, -0.05) is 0 Å². The molecule has 0 heterocycles. The van der Waals surface area contributed by atoms with E-state index in [0.29, 0.717) is 19.5 Å². The van der Waals surface area contributed by atoms with E-state index >= 15 is 0 Å². The number of carboxylic acids is 1. The average molecular weight is 244 g/mol. The van der Waals surface area contributed by atoms with Crippen LogP contribution in [0.5, 0.6) is 0 Å². The highest BCUT2D eigenvalue weighted by Crippen LogP contribution is 2.12. The predicted octanol–water partition coefficient (Wildman–Crippen LogP) is 0.945. The number of carbonyl (C=O) groups excluding carboxylic acids is 1. The van der Waals surface area contributed by atoms with Crippen LogP contribution in [0.1, 0.15) is 34.1 Å². The number of hydrogen-bond donors (Lipinski definition) is 2.